The highest BCUT2D eigenvalue weighted by Gasteiger charge is 2.35. The molecule has 8 heteroatoms. The van der Waals surface area contributed by atoms with Crippen molar-refractivity contribution in [2.24, 2.45) is 0 Å². The number of benzene rings is 3. The SMILES string of the molecule is COP(=O)(OC)C(CF)c1ccc(C(=O)Nc2cc(-c3ccccc3)ccc2N)cc1. The maximum atomic E-state index is 13.6. The number of alkyl halides is 1. The smallest absolute Gasteiger partial charge is 0.340 e. The molecule has 1 unspecified atom stereocenters. The first-order valence-corrected chi connectivity index (χ1v) is 11.2. The highest BCUT2D eigenvalue weighted by atomic mass is 31.2. The van der Waals surface area contributed by atoms with Crippen molar-refractivity contribution in [3.8, 4) is 11.1 Å². The molecule has 0 heterocycles. The molecule has 0 aliphatic carbocycles. The average molecular weight is 442 g/mol. The van der Waals surface area contributed by atoms with Gasteiger partial charge in [0, 0.05) is 19.8 Å². The Bertz CT molecular complexity index is 1080. The molecule has 3 N–H and O–H groups in total. The molecule has 3 rings (SSSR count). The molecule has 0 aliphatic heterocycles. The van der Waals surface area contributed by atoms with E-state index in [2.05, 4.69) is 5.32 Å². The van der Waals surface area contributed by atoms with Crippen molar-refractivity contribution < 1.29 is 22.8 Å². The van der Waals surface area contributed by atoms with Crippen LogP contribution in [0.3, 0.4) is 0 Å². The van der Waals surface area contributed by atoms with Crippen LogP contribution in [0.25, 0.3) is 11.1 Å². The summed E-state index contributed by atoms with van der Waals surface area (Å²) in [7, 11) is -1.22. The first kappa shape index (κ1) is 22.7. The second kappa shape index (κ2) is 9.88. The summed E-state index contributed by atoms with van der Waals surface area (Å²) in [6, 6.07) is 21.3. The van der Waals surface area contributed by atoms with E-state index in [1.807, 2.05) is 42.5 Å². The predicted octanol–water partition coefficient (Wildman–Crippen LogP) is 5.68. The van der Waals surface area contributed by atoms with Gasteiger partial charge in [-0.15, -0.1) is 0 Å². The van der Waals surface area contributed by atoms with Gasteiger partial charge in [0.1, 0.15) is 12.3 Å². The van der Waals surface area contributed by atoms with Crippen LogP contribution in [0.2, 0.25) is 0 Å². The van der Waals surface area contributed by atoms with Gasteiger partial charge in [-0.05, 0) is 41.0 Å². The molecule has 6 nitrogen and oxygen atoms in total. The quantitative estimate of drug-likeness (QED) is 0.346. The van der Waals surface area contributed by atoms with Crippen LogP contribution < -0.4 is 11.1 Å². The molecule has 0 spiro atoms. The fourth-order valence-electron chi connectivity index (χ4n) is 3.21. The van der Waals surface area contributed by atoms with Crippen LogP contribution >= 0.6 is 7.60 Å². The Morgan fingerprint density at radius 1 is 1.00 bits per heavy atom. The zero-order chi connectivity index (χ0) is 22.4. The largest absolute Gasteiger partial charge is 0.397 e. The summed E-state index contributed by atoms with van der Waals surface area (Å²) in [4.78, 5) is 12.7. The number of carbonyl (C=O) groups excluding carboxylic acids is 1. The molecule has 0 aliphatic rings. The van der Waals surface area contributed by atoms with E-state index in [0.29, 0.717) is 22.5 Å². The molecule has 0 bridgehead atoms. The van der Waals surface area contributed by atoms with Crippen LogP contribution in [-0.2, 0) is 13.6 Å². The summed E-state index contributed by atoms with van der Waals surface area (Å²) in [5.74, 6) is -0.373. The molecule has 162 valence electrons. The van der Waals surface area contributed by atoms with Crippen molar-refractivity contribution in [2.45, 2.75) is 5.66 Å². The van der Waals surface area contributed by atoms with Crippen LogP contribution in [0.1, 0.15) is 21.6 Å². The van der Waals surface area contributed by atoms with E-state index in [0.717, 1.165) is 11.1 Å². The second-order valence-electron chi connectivity index (χ2n) is 6.82. The van der Waals surface area contributed by atoms with Gasteiger partial charge in [0.2, 0.25) is 0 Å². The van der Waals surface area contributed by atoms with Crippen LogP contribution in [0.4, 0.5) is 15.8 Å². The first-order chi connectivity index (χ1) is 14.9. The molecule has 31 heavy (non-hydrogen) atoms. The van der Waals surface area contributed by atoms with Gasteiger partial charge in [-0.25, -0.2) is 4.39 Å². The number of hydrogen-bond donors (Lipinski definition) is 2. The third kappa shape index (κ3) is 5.02. The maximum Gasteiger partial charge on any atom is 0.340 e. The van der Waals surface area contributed by atoms with Gasteiger partial charge in [-0.3, -0.25) is 9.36 Å². The standard InChI is InChI=1S/C23H24FN2O4P/c1-29-31(28,30-2)22(15-24)17-8-10-18(11-9-17)23(27)26-21-14-19(12-13-20(21)25)16-6-4-3-5-7-16/h3-14,22H,15,25H2,1-2H3,(H,26,27). The number of nitrogens with one attached hydrogen (secondary N) is 1. The molecule has 3 aromatic rings. The van der Waals surface area contributed by atoms with E-state index in [1.54, 1.807) is 6.07 Å². The van der Waals surface area contributed by atoms with Gasteiger partial charge in [0.25, 0.3) is 5.91 Å². The molecule has 0 saturated heterocycles. The summed E-state index contributed by atoms with van der Waals surface area (Å²) < 4.78 is 35.9. The minimum atomic E-state index is -3.64. The van der Waals surface area contributed by atoms with Crippen molar-refractivity contribution in [3.05, 3.63) is 83.9 Å². The Hall–Kier alpha value is -2.99. The third-order valence-electron chi connectivity index (χ3n) is 5.00. The van der Waals surface area contributed by atoms with Crippen molar-refractivity contribution in [1.82, 2.24) is 0 Å². The highest BCUT2D eigenvalue weighted by Crippen LogP contribution is 2.59. The summed E-state index contributed by atoms with van der Waals surface area (Å²) >= 11 is 0. The maximum absolute atomic E-state index is 13.6. The van der Waals surface area contributed by atoms with Crippen molar-refractivity contribution in [3.63, 3.8) is 0 Å². The van der Waals surface area contributed by atoms with E-state index < -0.39 is 19.9 Å². The number of rotatable bonds is 8. The van der Waals surface area contributed by atoms with Crippen LogP contribution in [-0.4, -0.2) is 26.8 Å². The number of amides is 1. The van der Waals surface area contributed by atoms with Crippen molar-refractivity contribution in [1.29, 1.82) is 0 Å². The first-order valence-electron chi connectivity index (χ1n) is 9.55. The zero-order valence-electron chi connectivity index (χ0n) is 17.2. The fraction of sp³-hybridized carbons (Fsp3) is 0.174. The molecule has 0 aromatic heterocycles. The highest BCUT2D eigenvalue weighted by molar-refractivity contribution is 7.54. The Kier molecular flexibility index (Phi) is 7.23. The number of anilines is 2. The fourth-order valence-corrected chi connectivity index (χ4v) is 4.58. The molecule has 0 radical (unpaired) electrons. The molecule has 1 amide bonds. The molecule has 3 aromatic carbocycles. The van der Waals surface area contributed by atoms with Gasteiger partial charge in [-0.1, -0.05) is 48.5 Å². The minimum Gasteiger partial charge on any atom is -0.397 e. The van der Waals surface area contributed by atoms with E-state index in [-0.39, 0.29) is 5.91 Å². The average Bonchev–Trinajstić information content (AvgIpc) is 2.81. The van der Waals surface area contributed by atoms with E-state index in [1.165, 1.54) is 38.5 Å². The van der Waals surface area contributed by atoms with Gasteiger partial charge in [0.15, 0.2) is 0 Å². The Morgan fingerprint density at radius 3 is 2.23 bits per heavy atom. The molecular weight excluding hydrogens is 418 g/mol. The number of nitrogens with two attached hydrogens (primary N) is 1. The lowest BCUT2D eigenvalue weighted by Crippen LogP contribution is -2.14. The van der Waals surface area contributed by atoms with Gasteiger partial charge in [0.05, 0.1) is 11.4 Å². The lowest BCUT2D eigenvalue weighted by molar-refractivity contribution is 0.102. The van der Waals surface area contributed by atoms with E-state index in [4.69, 9.17) is 14.8 Å². The summed E-state index contributed by atoms with van der Waals surface area (Å²) in [6.45, 7) is -0.923. The van der Waals surface area contributed by atoms with Crippen molar-refractivity contribution in [2.75, 3.05) is 31.9 Å². The number of halogens is 1. The number of carbonyl (C=O) groups is 1. The zero-order valence-corrected chi connectivity index (χ0v) is 18.1. The number of hydrogen-bond acceptors (Lipinski definition) is 5. The molecular formula is C23H24FN2O4P. The predicted molar refractivity (Wildman–Crippen MR) is 121 cm³/mol. The third-order valence-corrected chi connectivity index (χ3v) is 7.22. The van der Waals surface area contributed by atoms with Gasteiger partial charge < -0.3 is 20.1 Å². The lowest BCUT2D eigenvalue weighted by Gasteiger charge is -2.22. The summed E-state index contributed by atoms with van der Waals surface area (Å²) in [5, 5.41) is 2.81. The van der Waals surface area contributed by atoms with Crippen LogP contribution in [0.5, 0.6) is 0 Å². The number of nitrogen functional groups attached to an aromatic ring is 1. The van der Waals surface area contributed by atoms with Gasteiger partial charge in [-0.2, -0.15) is 0 Å². The van der Waals surface area contributed by atoms with E-state index in [9.17, 15) is 13.8 Å². The monoisotopic (exact) mass is 442 g/mol. The van der Waals surface area contributed by atoms with E-state index >= 15 is 0 Å². The summed E-state index contributed by atoms with van der Waals surface area (Å²) in [5.41, 5.74) is 8.56. The Labute approximate surface area is 180 Å². The van der Waals surface area contributed by atoms with Crippen LogP contribution in [0.15, 0.2) is 72.8 Å². The Morgan fingerprint density at radius 2 is 1.65 bits per heavy atom. The minimum absolute atomic E-state index is 0.343. The summed E-state index contributed by atoms with van der Waals surface area (Å²) in [6.07, 6.45) is 0. The molecule has 1 atom stereocenters. The topological polar surface area (TPSA) is 90.6 Å². The van der Waals surface area contributed by atoms with Crippen molar-refractivity contribution >= 4 is 24.9 Å². The lowest BCUT2D eigenvalue weighted by atomic mass is 10.0. The van der Waals surface area contributed by atoms with Gasteiger partial charge >= 0.3 is 7.60 Å². The van der Waals surface area contributed by atoms with Crippen LogP contribution in [0, 0.1) is 0 Å². The normalized spacial score (nSPS) is 12.4. The molecule has 0 saturated carbocycles. The second-order valence-corrected chi connectivity index (χ2v) is 9.25. The molecule has 0 fully saturated rings. The Balaban J connectivity index is 1.81.